The van der Waals surface area contributed by atoms with E-state index in [1.165, 1.54) is 67.1 Å². The summed E-state index contributed by atoms with van der Waals surface area (Å²) in [7, 11) is 0. The summed E-state index contributed by atoms with van der Waals surface area (Å²) >= 11 is 1.80. The van der Waals surface area contributed by atoms with Crippen LogP contribution in [0.5, 0.6) is 0 Å². The highest BCUT2D eigenvalue weighted by molar-refractivity contribution is 7.99. The van der Waals surface area contributed by atoms with Gasteiger partial charge in [0.05, 0.1) is 0 Å². The average Bonchev–Trinajstić information content (AvgIpc) is 3.90. The van der Waals surface area contributed by atoms with Crippen molar-refractivity contribution in [2.75, 3.05) is 0 Å². The number of benzene rings is 5. The van der Waals surface area contributed by atoms with E-state index in [1.807, 2.05) is 24.5 Å². The lowest BCUT2D eigenvalue weighted by molar-refractivity contribution is 0.669. The lowest BCUT2D eigenvalue weighted by atomic mass is 9.91. The van der Waals surface area contributed by atoms with Crippen molar-refractivity contribution >= 4 is 39.3 Å². The minimum Gasteiger partial charge on any atom is -0.456 e. The summed E-state index contributed by atoms with van der Waals surface area (Å²) in [5.74, 6) is 0.697. The molecule has 234 valence electrons. The molecule has 0 N–H and O–H groups in total. The number of para-hydroxylation sites is 1. The fraction of sp³-hybridized carbons (Fsp3) is 0.133. The SMILES string of the molecule is C/C(=C\C=C/Cc1cccc(Sc2cccc(-c3ccc4c(c3)oc3ccccc34)c2)c1)c1ccc(C2CC2)c(-c2ccncc2C)c1. The van der Waals surface area contributed by atoms with Crippen molar-refractivity contribution in [1.29, 1.82) is 0 Å². The molecule has 0 bridgehead atoms. The van der Waals surface area contributed by atoms with Crippen LogP contribution in [-0.4, -0.2) is 4.98 Å². The van der Waals surface area contributed by atoms with Crippen LogP contribution in [0.1, 0.15) is 47.9 Å². The molecule has 0 saturated heterocycles. The lowest BCUT2D eigenvalue weighted by Crippen LogP contribution is -1.93. The Kier molecular flexibility index (Phi) is 8.30. The highest BCUT2D eigenvalue weighted by Gasteiger charge is 2.27. The molecule has 1 saturated carbocycles. The molecule has 2 nitrogen and oxygen atoms in total. The Morgan fingerprint density at radius 1 is 0.771 bits per heavy atom. The third kappa shape index (κ3) is 6.39. The maximum Gasteiger partial charge on any atom is 0.136 e. The van der Waals surface area contributed by atoms with Crippen molar-refractivity contribution in [2.24, 2.45) is 0 Å². The molecule has 1 fully saturated rings. The van der Waals surface area contributed by atoms with Gasteiger partial charge in [-0.1, -0.05) is 90.7 Å². The second-order valence-electron chi connectivity index (χ2n) is 12.8. The molecule has 0 unspecified atom stereocenters. The van der Waals surface area contributed by atoms with E-state index < -0.39 is 0 Å². The Balaban J connectivity index is 0.953. The number of aromatic nitrogens is 1. The number of rotatable bonds is 9. The predicted octanol–water partition coefficient (Wildman–Crippen LogP) is 12.9. The Morgan fingerprint density at radius 2 is 1.58 bits per heavy atom. The minimum absolute atomic E-state index is 0.697. The first-order chi connectivity index (χ1) is 23.6. The maximum absolute atomic E-state index is 6.15. The van der Waals surface area contributed by atoms with Gasteiger partial charge in [0.15, 0.2) is 0 Å². The molecule has 0 aliphatic heterocycles. The molecule has 2 aromatic heterocycles. The summed E-state index contributed by atoms with van der Waals surface area (Å²) in [5.41, 5.74) is 13.4. The van der Waals surface area contributed by atoms with Crippen molar-refractivity contribution in [1.82, 2.24) is 4.98 Å². The standard InChI is InChI=1S/C45H37NOS/c1-30(34-19-21-40(33-17-18-33)43(27-34)39-23-24-46-29-31(39)2)9-3-4-10-32-11-7-13-37(25-32)48-38-14-8-12-35(26-38)36-20-22-42-41-15-5-6-16-44(41)47-45(42)28-36/h3-9,11-16,19-29,33H,10,17-18H2,1-2H3/b4-3-,30-9+. The van der Waals surface area contributed by atoms with Gasteiger partial charge in [-0.3, -0.25) is 4.98 Å². The highest BCUT2D eigenvalue weighted by atomic mass is 32.2. The van der Waals surface area contributed by atoms with E-state index >= 15 is 0 Å². The smallest absolute Gasteiger partial charge is 0.136 e. The molecule has 3 heteroatoms. The monoisotopic (exact) mass is 639 g/mol. The van der Waals surface area contributed by atoms with Crippen LogP contribution in [0.2, 0.25) is 0 Å². The van der Waals surface area contributed by atoms with Crippen LogP contribution in [0.3, 0.4) is 0 Å². The van der Waals surface area contributed by atoms with Crippen LogP contribution in [0.4, 0.5) is 0 Å². The number of furan rings is 1. The van der Waals surface area contributed by atoms with Gasteiger partial charge >= 0.3 is 0 Å². The number of hydrogen-bond donors (Lipinski definition) is 0. The molecule has 0 amide bonds. The van der Waals surface area contributed by atoms with Crippen LogP contribution >= 0.6 is 11.8 Å². The first-order valence-electron chi connectivity index (χ1n) is 16.8. The fourth-order valence-electron chi connectivity index (χ4n) is 6.59. The predicted molar refractivity (Wildman–Crippen MR) is 203 cm³/mol. The van der Waals surface area contributed by atoms with Crippen LogP contribution in [0.25, 0.3) is 49.8 Å². The van der Waals surface area contributed by atoms with E-state index in [2.05, 4.69) is 140 Å². The molecule has 8 rings (SSSR count). The van der Waals surface area contributed by atoms with Gasteiger partial charge in [-0.15, -0.1) is 0 Å². The lowest BCUT2D eigenvalue weighted by Gasteiger charge is -2.14. The zero-order chi connectivity index (χ0) is 32.5. The maximum atomic E-state index is 6.15. The van der Waals surface area contributed by atoms with Crippen LogP contribution in [0, 0.1) is 6.92 Å². The normalized spacial score (nSPS) is 13.6. The van der Waals surface area contributed by atoms with Crippen LogP contribution < -0.4 is 0 Å². The summed E-state index contributed by atoms with van der Waals surface area (Å²) in [5, 5.41) is 2.32. The van der Waals surface area contributed by atoms with E-state index in [0.717, 1.165) is 33.9 Å². The quantitative estimate of drug-likeness (QED) is 0.147. The second-order valence-corrected chi connectivity index (χ2v) is 14.0. The molecular formula is C45H37NOS. The number of hydrogen-bond acceptors (Lipinski definition) is 3. The van der Waals surface area contributed by atoms with Crippen LogP contribution in [0.15, 0.2) is 160 Å². The number of pyridine rings is 1. The minimum atomic E-state index is 0.697. The molecule has 1 aliphatic rings. The number of fused-ring (bicyclic) bond motifs is 3. The van der Waals surface area contributed by atoms with E-state index in [4.69, 9.17) is 4.42 Å². The molecule has 7 aromatic rings. The Hall–Kier alpha value is -5.12. The summed E-state index contributed by atoms with van der Waals surface area (Å²) in [6.45, 7) is 4.37. The molecule has 0 atom stereocenters. The Bertz CT molecular complexity index is 2340. The molecule has 2 heterocycles. The van der Waals surface area contributed by atoms with E-state index in [1.54, 1.807) is 11.8 Å². The third-order valence-electron chi connectivity index (χ3n) is 9.35. The molecule has 5 aromatic carbocycles. The second kappa shape index (κ2) is 13.2. The molecular weight excluding hydrogens is 603 g/mol. The van der Waals surface area contributed by atoms with Gasteiger partial charge in [0.25, 0.3) is 0 Å². The van der Waals surface area contributed by atoms with Crippen molar-refractivity contribution in [3.05, 3.63) is 168 Å². The molecule has 0 spiro atoms. The van der Waals surface area contributed by atoms with E-state index in [-0.39, 0.29) is 0 Å². The number of nitrogens with zero attached hydrogens (tertiary/aromatic N) is 1. The highest BCUT2D eigenvalue weighted by Crippen LogP contribution is 2.45. The van der Waals surface area contributed by atoms with Gasteiger partial charge in [0.1, 0.15) is 11.2 Å². The summed E-state index contributed by atoms with van der Waals surface area (Å²) in [6.07, 6.45) is 14.0. The van der Waals surface area contributed by atoms with Crippen molar-refractivity contribution in [2.45, 2.75) is 48.8 Å². The topological polar surface area (TPSA) is 26.0 Å². The number of aryl methyl sites for hydroxylation is 1. The largest absolute Gasteiger partial charge is 0.456 e. The summed E-state index contributed by atoms with van der Waals surface area (Å²) in [6, 6.07) is 41.6. The molecule has 1 aliphatic carbocycles. The Morgan fingerprint density at radius 3 is 2.46 bits per heavy atom. The van der Waals surface area contributed by atoms with Crippen molar-refractivity contribution in [3.8, 4) is 22.3 Å². The van der Waals surface area contributed by atoms with E-state index in [9.17, 15) is 0 Å². The van der Waals surface area contributed by atoms with Gasteiger partial charge in [-0.05, 0) is 144 Å². The van der Waals surface area contributed by atoms with Gasteiger partial charge in [-0.25, -0.2) is 0 Å². The van der Waals surface area contributed by atoms with Gasteiger partial charge in [0.2, 0.25) is 0 Å². The molecule has 48 heavy (non-hydrogen) atoms. The zero-order valence-corrected chi connectivity index (χ0v) is 28.1. The van der Waals surface area contributed by atoms with Crippen LogP contribution in [-0.2, 0) is 6.42 Å². The van der Waals surface area contributed by atoms with Crippen molar-refractivity contribution < 1.29 is 4.42 Å². The Labute approximate surface area is 286 Å². The first-order valence-corrected chi connectivity index (χ1v) is 17.6. The fourth-order valence-corrected chi connectivity index (χ4v) is 7.55. The summed E-state index contributed by atoms with van der Waals surface area (Å²) in [4.78, 5) is 6.79. The number of allylic oxidation sites excluding steroid dienone is 4. The van der Waals surface area contributed by atoms with Gasteiger partial charge < -0.3 is 4.42 Å². The zero-order valence-electron chi connectivity index (χ0n) is 27.3. The third-order valence-corrected chi connectivity index (χ3v) is 10.3. The molecule has 0 radical (unpaired) electrons. The van der Waals surface area contributed by atoms with Crippen molar-refractivity contribution in [3.63, 3.8) is 0 Å². The summed E-state index contributed by atoms with van der Waals surface area (Å²) < 4.78 is 6.15. The first kappa shape index (κ1) is 30.2. The average molecular weight is 640 g/mol. The van der Waals surface area contributed by atoms with E-state index in [0.29, 0.717) is 5.92 Å². The van der Waals surface area contributed by atoms with Gasteiger partial charge in [0, 0.05) is 33.0 Å². The van der Waals surface area contributed by atoms with Gasteiger partial charge in [-0.2, -0.15) is 0 Å².